The second-order valence-electron chi connectivity index (χ2n) is 4.38. The highest BCUT2D eigenvalue weighted by atomic mass is 32.1. The first-order chi connectivity index (χ1) is 9.46. The van der Waals surface area contributed by atoms with Crippen LogP contribution in [0.3, 0.4) is 0 Å². The van der Waals surface area contributed by atoms with Crippen LogP contribution in [0.4, 0.5) is 5.69 Å². The second-order valence-corrected chi connectivity index (χ2v) is 5.41. The smallest absolute Gasteiger partial charge is 0.273 e. The van der Waals surface area contributed by atoms with Crippen molar-refractivity contribution in [2.24, 2.45) is 0 Å². The molecule has 2 aromatic rings. The fourth-order valence-electron chi connectivity index (χ4n) is 1.64. The molecule has 1 heterocycles. The number of benzene rings is 1. The summed E-state index contributed by atoms with van der Waals surface area (Å²) in [6.07, 6.45) is 0. The molecule has 0 saturated carbocycles. The number of nitrogens with zero attached hydrogens (tertiary/aromatic N) is 2. The molecule has 7 heteroatoms. The van der Waals surface area contributed by atoms with Crippen molar-refractivity contribution >= 4 is 27.2 Å². The quantitative estimate of drug-likeness (QED) is 0.672. The van der Waals surface area contributed by atoms with Crippen LogP contribution in [0.25, 0.3) is 10.2 Å². The van der Waals surface area contributed by atoms with Crippen LogP contribution in [0, 0.1) is 17.0 Å². The minimum Gasteiger partial charge on any atom is -0.323 e. The Morgan fingerprint density at radius 1 is 1.35 bits per heavy atom. The van der Waals surface area contributed by atoms with Crippen molar-refractivity contribution in [2.45, 2.75) is 19.9 Å². The van der Waals surface area contributed by atoms with Gasteiger partial charge >= 0.3 is 0 Å². The van der Waals surface area contributed by atoms with Crippen molar-refractivity contribution in [3.8, 4) is 0 Å². The van der Waals surface area contributed by atoms with E-state index < -0.39 is 0 Å². The summed E-state index contributed by atoms with van der Waals surface area (Å²) in [5.74, 6) is 0. The van der Waals surface area contributed by atoms with E-state index in [1.165, 1.54) is 17.4 Å². The number of hydrogen-bond donors (Lipinski definition) is 2. The lowest BCUT2D eigenvalue weighted by Crippen LogP contribution is -2.11. The Hall–Kier alpha value is -1.57. The van der Waals surface area contributed by atoms with Crippen LogP contribution in [-0.4, -0.2) is 31.1 Å². The van der Waals surface area contributed by atoms with Gasteiger partial charge in [-0.2, -0.15) is 0 Å². The van der Waals surface area contributed by atoms with E-state index in [2.05, 4.69) is 15.6 Å². The number of hydrogen-bond acceptors (Lipinski definition) is 6. The molecule has 1 atom stereocenters. The Balaban J connectivity index is 0.000000612. The molecular formula is C13H20N4O2S. The Bertz CT molecular complexity index is 597. The Kier molecular flexibility index (Phi) is 6.00. The van der Waals surface area contributed by atoms with Crippen LogP contribution in [0.5, 0.6) is 0 Å². The summed E-state index contributed by atoms with van der Waals surface area (Å²) >= 11 is 1.51. The normalized spacial score (nSPS) is 11.8. The molecule has 0 aliphatic heterocycles. The second kappa shape index (κ2) is 7.28. The van der Waals surface area contributed by atoms with E-state index in [-0.39, 0.29) is 16.7 Å². The van der Waals surface area contributed by atoms with Crippen LogP contribution in [0.15, 0.2) is 12.1 Å². The van der Waals surface area contributed by atoms with Crippen molar-refractivity contribution in [1.29, 1.82) is 0 Å². The van der Waals surface area contributed by atoms with E-state index >= 15 is 0 Å². The van der Waals surface area contributed by atoms with Crippen LogP contribution >= 0.6 is 11.3 Å². The third kappa shape index (κ3) is 3.50. The van der Waals surface area contributed by atoms with Gasteiger partial charge in [-0.05, 0) is 41.1 Å². The zero-order chi connectivity index (χ0) is 15.3. The maximum absolute atomic E-state index is 10.8. The molecule has 0 radical (unpaired) electrons. The standard InChI is InChI=1S/C11H13N3O2S.C2H7N/c1-6-9(14(15)16)5-4-8-10(6)17-11(13-8)7(2)12-3;1-3-2/h4-5,7,12H,1-3H3;3H,1-2H3. The molecule has 1 unspecified atom stereocenters. The first kappa shape index (κ1) is 16.5. The highest BCUT2D eigenvalue weighted by molar-refractivity contribution is 7.18. The minimum atomic E-state index is -0.352. The van der Waals surface area contributed by atoms with Gasteiger partial charge in [0.1, 0.15) is 5.01 Å². The van der Waals surface area contributed by atoms with E-state index in [1.54, 1.807) is 13.0 Å². The van der Waals surface area contributed by atoms with Gasteiger partial charge in [-0.3, -0.25) is 10.1 Å². The Labute approximate surface area is 122 Å². The lowest BCUT2D eigenvalue weighted by atomic mass is 10.2. The number of aromatic nitrogens is 1. The Morgan fingerprint density at radius 2 is 1.95 bits per heavy atom. The summed E-state index contributed by atoms with van der Waals surface area (Å²) in [4.78, 5) is 15.0. The van der Waals surface area contributed by atoms with Gasteiger partial charge in [0.25, 0.3) is 5.69 Å². The molecule has 20 heavy (non-hydrogen) atoms. The zero-order valence-corrected chi connectivity index (χ0v) is 13.2. The van der Waals surface area contributed by atoms with E-state index in [0.717, 1.165) is 15.2 Å². The molecule has 0 aliphatic carbocycles. The number of nitro benzene ring substituents is 1. The van der Waals surface area contributed by atoms with E-state index in [4.69, 9.17) is 0 Å². The van der Waals surface area contributed by atoms with Gasteiger partial charge in [-0.25, -0.2) is 4.98 Å². The number of aryl methyl sites for hydroxylation is 1. The summed E-state index contributed by atoms with van der Waals surface area (Å²) in [7, 11) is 5.62. The van der Waals surface area contributed by atoms with Gasteiger partial charge in [-0.1, -0.05) is 0 Å². The average Bonchev–Trinajstić information content (AvgIpc) is 2.83. The summed E-state index contributed by atoms with van der Waals surface area (Å²) in [6, 6.07) is 3.39. The lowest BCUT2D eigenvalue weighted by Gasteiger charge is -2.03. The van der Waals surface area contributed by atoms with Gasteiger partial charge < -0.3 is 10.6 Å². The van der Waals surface area contributed by atoms with Crippen molar-refractivity contribution < 1.29 is 4.92 Å². The number of nitrogens with one attached hydrogen (secondary N) is 2. The number of fused-ring (bicyclic) bond motifs is 1. The van der Waals surface area contributed by atoms with E-state index in [9.17, 15) is 10.1 Å². The first-order valence-corrected chi connectivity index (χ1v) is 7.08. The molecule has 1 aromatic heterocycles. The largest absolute Gasteiger partial charge is 0.323 e. The number of nitro groups is 1. The maximum Gasteiger partial charge on any atom is 0.273 e. The molecule has 0 saturated heterocycles. The molecule has 6 nitrogen and oxygen atoms in total. The highest BCUT2D eigenvalue weighted by Crippen LogP contribution is 2.33. The lowest BCUT2D eigenvalue weighted by molar-refractivity contribution is -0.385. The minimum absolute atomic E-state index is 0.157. The maximum atomic E-state index is 10.8. The van der Waals surface area contributed by atoms with Crippen LogP contribution in [0.1, 0.15) is 23.5 Å². The van der Waals surface area contributed by atoms with Gasteiger partial charge in [0.2, 0.25) is 0 Å². The molecule has 0 amide bonds. The molecule has 1 aromatic carbocycles. The van der Waals surface area contributed by atoms with Crippen LogP contribution in [-0.2, 0) is 0 Å². The van der Waals surface area contributed by atoms with E-state index in [1.807, 2.05) is 28.1 Å². The monoisotopic (exact) mass is 296 g/mol. The first-order valence-electron chi connectivity index (χ1n) is 6.26. The van der Waals surface area contributed by atoms with Gasteiger partial charge in [-0.15, -0.1) is 11.3 Å². The topological polar surface area (TPSA) is 80.1 Å². The SMILES string of the molecule is CNC.CNC(C)c1nc2ccc([N+](=O)[O-])c(C)c2s1. The summed E-state index contributed by atoms with van der Waals surface area (Å²) < 4.78 is 0.899. The predicted octanol–water partition coefficient (Wildman–Crippen LogP) is 2.63. The predicted molar refractivity (Wildman–Crippen MR) is 83.5 cm³/mol. The number of rotatable bonds is 3. The fraction of sp³-hybridized carbons (Fsp3) is 0.462. The zero-order valence-electron chi connectivity index (χ0n) is 12.4. The van der Waals surface area contributed by atoms with E-state index in [0.29, 0.717) is 5.56 Å². The Morgan fingerprint density at radius 3 is 2.45 bits per heavy atom. The van der Waals surface area contributed by atoms with Crippen molar-refractivity contribution in [3.05, 3.63) is 32.8 Å². The molecule has 0 aliphatic rings. The molecular weight excluding hydrogens is 276 g/mol. The third-order valence-electron chi connectivity index (χ3n) is 2.79. The van der Waals surface area contributed by atoms with Gasteiger partial charge in [0, 0.05) is 11.6 Å². The van der Waals surface area contributed by atoms with Gasteiger partial charge in [0.15, 0.2) is 0 Å². The summed E-state index contributed by atoms with van der Waals surface area (Å²) in [5.41, 5.74) is 1.68. The molecule has 0 spiro atoms. The third-order valence-corrected chi connectivity index (χ3v) is 4.17. The number of thiazole rings is 1. The highest BCUT2D eigenvalue weighted by Gasteiger charge is 2.17. The molecule has 0 bridgehead atoms. The van der Waals surface area contributed by atoms with Gasteiger partial charge in [0.05, 0.1) is 21.2 Å². The molecule has 2 N–H and O–H groups in total. The summed E-state index contributed by atoms with van der Waals surface area (Å²) in [6.45, 7) is 3.79. The van der Waals surface area contributed by atoms with Crippen LogP contribution in [0.2, 0.25) is 0 Å². The van der Waals surface area contributed by atoms with Crippen molar-refractivity contribution in [2.75, 3.05) is 21.1 Å². The molecule has 0 fully saturated rings. The van der Waals surface area contributed by atoms with Crippen molar-refractivity contribution in [1.82, 2.24) is 15.6 Å². The average molecular weight is 296 g/mol. The van der Waals surface area contributed by atoms with Crippen molar-refractivity contribution in [3.63, 3.8) is 0 Å². The van der Waals surface area contributed by atoms with Crippen LogP contribution < -0.4 is 10.6 Å². The molecule has 110 valence electrons. The molecule has 2 rings (SSSR count). The fourth-order valence-corrected chi connectivity index (χ4v) is 2.76. The summed E-state index contributed by atoms with van der Waals surface area (Å²) in [5, 5.41) is 17.7.